The van der Waals surface area contributed by atoms with E-state index in [1.807, 2.05) is 24.3 Å². The maximum atomic E-state index is 10.6. The van der Waals surface area contributed by atoms with Gasteiger partial charge in [0.2, 0.25) is 0 Å². The molecule has 2 atom stereocenters. The zero-order valence-corrected chi connectivity index (χ0v) is 10.9. The second kappa shape index (κ2) is 4.94. The molecular weight excluding hydrogens is 258 g/mol. The molecule has 0 bridgehead atoms. The van der Waals surface area contributed by atoms with Crippen molar-refractivity contribution in [3.63, 3.8) is 0 Å². The van der Waals surface area contributed by atoms with Gasteiger partial charge >= 0.3 is 0 Å². The lowest BCUT2D eigenvalue weighted by Gasteiger charge is -2.01. The van der Waals surface area contributed by atoms with E-state index in [1.165, 1.54) is 12.1 Å². The molecule has 1 aliphatic rings. The van der Waals surface area contributed by atoms with Gasteiger partial charge in [0.15, 0.2) is 0 Å². The fourth-order valence-corrected chi connectivity index (χ4v) is 2.22. The lowest BCUT2D eigenvalue weighted by molar-refractivity contribution is -0.384. The molecule has 0 N–H and O–H groups in total. The molecule has 0 saturated carbocycles. The van der Waals surface area contributed by atoms with Crippen molar-refractivity contribution in [2.45, 2.75) is 12.2 Å². The average molecular weight is 271 g/mol. The van der Waals surface area contributed by atoms with Gasteiger partial charge in [-0.25, -0.2) is 0 Å². The Kier molecular flexibility index (Phi) is 3.12. The SMILES string of the molecule is COc1cccc(C2OC2c2ccc([N+](=O)[O-])cc2)c1. The molecule has 2 aromatic carbocycles. The predicted octanol–water partition coefficient (Wildman–Crippen LogP) is 3.42. The Morgan fingerprint density at radius 3 is 2.45 bits per heavy atom. The van der Waals surface area contributed by atoms with Gasteiger partial charge in [0, 0.05) is 12.1 Å². The van der Waals surface area contributed by atoms with Gasteiger partial charge < -0.3 is 9.47 Å². The number of benzene rings is 2. The van der Waals surface area contributed by atoms with E-state index in [2.05, 4.69) is 0 Å². The van der Waals surface area contributed by atoms with E-state index in [-0.39, 0.29) is 17.9 Å². The fraction of sp³-hybridized carbons (Fsp3) is 0.200. The molecule has 0 amide bonds. The summed E-state index contributed by atoms with van der Waals surface area (Å²) in [5.41, 5.74) is 2.09. The molecule has 1 fully saturated rings. The number of epoxide rings is 1. The van der Waals surface area contributed by atoms with Crippen LogP contribution in [-0.2, 0) is 4.74 Å². The van der Waals surface area contributed by atoms with Crippen molar-refractivity contribution in [3.05, 3.63) is 69.8 Å². The normalized spacial score (nSPS) is 20.4. The monoisotopic (exact) mass is 271 g/mol. The van der Waals surface area contributed by atoms with E-state index in [9.17, 15) is 10.1 Å². The summed E-state index contributed by atoms with van der Waals surface area (Å²) in [6, 6.07) is 14.2. The van der Waals surface area contributed by atoms with Crippen LogP contribution in [0.5, 0.6) is 5.75 Å². The lowest BCUT2D eigenvalue weighted by Crippen LogP contribution is -1.89. The topological polar surface area (TPSA) is 64.9 Å². The zero-order valence-electron chi connectivity index (χ0n) is 10.9. The summed E-state index contributed by atoms with van der Waals surface area (Å²) in [4.78, 5) is 10.2. The summed E-state index contributed by atoms with van der Waals surface area (Å²) in [6.07, 6.45) is -0.0468. The molecule has 102 valence electrons. The van der Waals surface area contributed by atoms with E-state index in [0.717, 1.165) is 16.9 Å². The van der Waals surface area contributed by atoms with Crippen LogP contribution in [0.2, 0.25) is 0 Å². The van der Waals surface area contributed by atoms with Crippen LogP contribution >= 0.6 is 0 Å². The zero-order chi connectivity index (χ0) is 14.1. The number of hydrogen-bond acceptors (Lipinski definition) is 4. The quantitative estimate of drug-likeness (QED) is 0.485. The second-order valence-electron chi connectivity index (χ2n) is 4.60. The lowest BCUT2D eigenvalue weighted by atomic mass is 10.0. The summed E-state index contributed by atoms with van der Waals surface area (Å²) in [7, 11) is 1.63. The van der Waals surface area contributed by atoms with Crippen LogP contribution in [0.15, 0.2) is 48.5 Å². The number of methoxy groups -OCH3 is 1. The Bertz CT molecular complexity index is 639. The molecule has 5 heteroatoms. The van der Waals surface area contributed by atoms with Crippen LogP contribution in [0, 0.1) is 10.1 Å². The Hall–Kier alpha value is -2.40. The molecular formula is C15H13NO4. The van der Waals surface area contributed by atoms with Crippen LogP contribution in [0.1, 0.15) is 23.3 Å². The number of non-ortho nitro benzene ring substituents is 1. The third-order valence-electron chi connectivity index (χ3n) is 3.35. The van der Waals surface area contributed by atoms with Gasteiger partial charge in [0.1, 0.15) is 18.0 Å². The van der Waals surface area contributed by atoms with Gasteiger partial charge in [0.05, 0.1) is 12.0 Å². The molecule has 2 unspecified atom stereocenters. The Balaban J connectivity index is 1.76. The highest BCUT2D eigenvalue weighted by atomic mass is 16.6. The minimum absolute atomic E-state index is 0.00782. The van der Waals surface area contributed by atoms with Crippen LogP contribution in [0.3, 0.4) is 0 Å². The largest absolute Gasteiger partial charge is 0.497 e. The van der Waals surface area contributed by atoms with Crippen LogP contribution in [-0.4, -0.2) is 12.0 Å². The van der Waals surface area contributed by atoms with Crippen molar-refractivity contribution in [2.24, 2.45) is 0 Å². The van der Waals surface area contributed by atoms with Gasteiger partial charge in [-0.2, -0.15) is 0 Å². The molecule has 0 aliphatic carbocycles. The highest BCUT2D eigenvalue weighted by Gasteiger charge is 2.41. The molecule has 0 spiro atoms. The third-order valence-corrected chi connectivity index (χ3v) is 3.35. The van der Waals surface area contributed by atoms with Crippen molar-refractivity contribution >= 4 is 5.69 Å². The van der Waals surface area contributed by atoms with Gasteiger partial charge in [0.25, 0.3) is 5.69 Å². The number of hydrogen-bond donors (Lipinski definition) is 0. The number of nitro benzene ring substituents is 1. The minimum Gasteiger partial charge on any atom is -0.497 e. The maximum Gasteiger partial charge on any atom is 0.269 e. The standard InChI is InChI=1S/C15H13NO4/c1-19-13-4-2-3-11(9-13)15-14(20-15)10-5-7-12(8-6-10)16(17)18/h2-9,14-15H,1H3. The first-order chi connectivity index (χ1) is 9.69. The van der Waals surface area contributed by atoms with Gasteiger partial charge in [-0.05, 0) is 35.4 Å². The van der Waals surface area contributed by atoms with Gasteiger partial charge in [-0.3, -0.25) is 10.1 Å². The van der Waals surface area contributed by atoms with Gasteiger partial charge in [-0.1, -0.05) is 12.1 Å². The first-order valence-electron chi connectivity index (χ1n) is 6.23. The first-order valence-corrected chi connectivity index (χ1v) is 6.23. The van der Waals surface area contributed by atoms with E-state index in [0.29, 0.717) is 0 Å². The smallest absolute Gasteiger partial charge is 0.269 e. The molecule has 0 aromatic heterocycles. The average Bonchev–Trinajstić information content (AvgIpc) is 3.28. The molecule has 1 aliphatic heterocycles. The number of nitrogens with zero attached hydrogens (tertiary/aromatic N) is 1. The van der Waals surface area contributed by atoms with Crippen molar-refractivity contribution in [1.29, 1.82) is 0 Å². The highest BCUT2D eigenvalue weighted by molar-refractivity contribution is 5.38. The number of nitro groups is 1. The molecule has 3 rings (SSSR count). The van der Waals surface area contributed by atoms with Crippen molar-refractivity contribution in [3.8, 4) is 5.75 Å². The van der Waals surface area contributed by atoms with E-state index < -0.39 is 4.92 Å². The second-order valence-corrected chi connectivity index (χ2v) is 4.60. The third kappa shape index (κ3) is 2.35. The molecule has 5 nitrogen and oxygen atoms in total. The summed E-state index contributed by atoms with van der Waals surface area (Å²) in [6.45, 7) is 0. The summed E-state index contributed by atoms with van der Waals surface area (Å²) in [5.74, 6) is 0.792. The Labute approximate surface area is 115 Å². The van der Waals surface area contributed by atoms with Crippen molar-refractivity contribution < 1.29 is 14.4 Å². The van der Waals surface area contributed by atoms with Crippen LogP contribution in [0.4, 0.5) is 5.69 Å². The van der Waals surface area contributed by atoms with Crippen LogP contribution in [0.25, 0.3) is 0 Å². The van der Waals surface area contributed by atoms with E-state index in [4.69, 9.17) is 9.47 Å². The van der Waals surface area contributed by atoms with Crippen molar-refractivity contribution in [2.75, 3.05) is 7.11 Å². The first kappa shape index (κ1) is 12.6. The molecule has 1 heterocycles. The van der Waals surface area contributed by atoms with E-state index in [1.54, 1.807) is 19.2 Å². The highest BCUT2D eigenvalue weighted by Crippen LogP contribution is 2.51. The minimum atomic E-state index is -0.406. The predicted molar refractivity (Wildman–Crippen MR) is 72.7 cm³/mol. The molecule has 0 radical (unpaired) electrons. The molecule has 20 heavy (non-hydrogen) atoms. The number of rotatable bonds is 4. The Morgan fingerprint density at radius 1 is 1.10 bits per heavy atom. The number of ether oxygens (including phenoxy) is 2. The molecule has 2 aromatic rings. The summed E-state index contributed by atoms with van der Waals surface area (Å²) < 4.78 is 10.8. The fourth-order valence-electron chi connectivity index (χ4n) is 2.22. The Morgan fingerprint density at radius 2 is 1.80 bits per heavy atom. The maximum absolute atomic E-state index is 10.6. The van der Waals surface area contributed by atoms with Gasteiger partial charge in [-0.15, -0.1) is 0 Å². The van der Waals surface area contributed by atoms with Crippen LogP contribution < -0.4 is 4.74 Å². The molecule has 1 saturated heterocycles. The van der Waals surface area contributed by atoms with E-state index >= 15 is 0 Å². The summed E-state index contributed by atoms with van der Waals surface area (Å²) in [5, 5.41) is 10.6. The summed E-state index contributed by atoms with van der Waals surface area (Å²) >= 11 is 0. The van der Waals surface area contributed by atoms with Crippen molar-refractivity contribution in [1.82, 2.24) is 0 Å².